The van der Waals surface area contributed by atoms with Crippen molar-refractivity contribution >= 4 is 40.0 Å². The molecule has 6 nitrogen and oxygen atoms in total. The number of hydrogen-bond acceptors (Lipinski definition) is 5. The molecule has 0 atom stereocenters. The van der Waals surface area contributed by atoms with E-state index in [1.54, 1.807) is 6.33 Å². The number of para-hydroxylation sites is 2. The Morgan fingerprint density at radius 2 is 2.00 bits per heavy atom. The van der Waals surface area contributed by atoms with Gasteiger partial charge >= 0.3 is 0 Å². The number of rotatable bonds is 3. The summed E-state index contributed by atoms with van der Waals surface area (Å²) >= 11 is 5.92. The van der Waals surface area contributed by atoms with Crippen molar-refractivity contribution in [2.75, 3.05) is 24.3 Å². The third-order valence-corrected chi connectivity index (χ3v) is 3.07. The highest BCUT2D eigenvalue weighted by atomic mass is 35.5. The van der Waals surface area contributed by atoms with Crippen LogP contribution in [-0.2, 0) is 0 Å². The quantitative estimate of drug-likeness (QED) is 0.725. The van der Waals surface area contributed by atoms with Crippen LogP contribution in [0.4, 0.5) is 17.2 Å². The fourth-order valence-corrected chi connectivity index (χ4v) is 2.16. The lowest BCUT2D eigenvalue weighted by molar-refractivity contribution is 1.13. The number of anilines is 3. The fourth-order valence-electron chi connectivity index (χ4n) is 1.99. The van der Waals surface area contributed by atoms with E-state index in [9.17, 15) is 0 Å². The predicted molar refractivity (Wildman–Crippen MR) is 80.7 cm³/mol. The Morgan fingerprint density at radius 1 is 1.20 bits per heavy atom. The van der Waals surface area contributed by atoms with Crippen LogP contribution in [0.5, 0.6) is 0 Å². The van der Waals surface area contributed by atoms with Gasteiger partial charge < -0.3 is 15.2 Å². The van der Waals surface area contributed by atoms with Crippen LogP contribution in [0.1, 0.15) is 0 Å². The third kappa shape index (κ3) is 2.25. The molecule has 0 bridgehead atoms. The van der Waals surface area contributed by atoms with Gasteiger partial charge in [0, 0.05) is 14.1 Å². The smallest absolute Gasteiger partial charge is 0.226 e. The van der Waals surface area contributed by atoms with Crippen molar-refractivity contribution in [1.29, 1.82) is 0 Å². The highest BCUT2D eigenvalue weighted by Crippen LogP contribution is 2.29. The zero-order chi connectivity index (χ0) is 14.1. The number of aromatic nitrogens is 4. The highest BCUT2D eigenvalue weighted by molar-refractivity contribution is 6.28. The Balaban J connectivity index is 2.08. The minimum atomic E-state index is 0.162. The van der Waals surface area contributed by atoms with E-state index in [0.717, 1.165) is 16.9 Å². The molecule has 0 saturated heterocycles. The van der Waals surface area contributed by atoms with Crippen molar-refractivity contribution in [1.82, 2.24) is 19.9 Å². The lowest BCUT2D eigenvalue weighted by atomic mass is 10.2. The molecule has 2 N–H and O–H groups in total. The summed E-state index contributed by atoms with van der Waals surface area (Å²) in [4.78, 5) is 17.4. The number of imidazole rings is 1. The van der Waals surface area contributed by atoms with Gasteiger partial charge in [0.25, 0.3) is 0 Å². The standard InChI is InChI=1S/C13H13ClN6/c1-20(2)9-6-4-3-5-8(9)17-12-10-11(16-7-15-10)18-13(14)19-12/h3-7H,1-2H3,(H2,15,16,17,18,19). The number of hydrogen-bond donors (Lipinski definition) is 2. The topological polar surface area (TPSA) is 69.7 Å². The van der Waals surface area contributed by atoms with Crippen LogP contribution in [0.15, 0.2) is 30.6 Å². The Bertz CT molecular complexity index is 751. The number of fused-ring (bicyclic) bond motifs is 1. The van der Waals surface area contributed by atoms with Crippen LogP contribution in [0, 0.1) is 0 Å². The Hall–Kier alpha value is -2.34. The molecule has 2 heterocycles. The van der Waals surface area contributed by atoms with Crippen molar-refractivity contribution in [2.24, 2.45) is 0 Å². The predicted octanol–water partition coefficient (Wildman–Crippen LogP) is 2.82. The lowest BCUT2D eigenvalue weighted by Crippen LogP contribution is -2.11. The molecular weight excluding hydrogens is 276 g/mol. The molecule has 0 amide bonds. The first-order chi connectivity index (χ1) is 9.65. The molecule has 1 aromatic carbocycles. The second-order valence-electron chi connectivity index (χ2n) is 4.48. The van der Waals surface area contributed by atoms with Crippen LogP contribution in [0.3, 0.4) is 0 Å². The first-order valence-electron chi connectivity index (χ1n) is 6.05. The summed E-state index contributed by atoms with van der Waals surface area (Å²) in [7, 11) is 3.97. The molecular formula is C13H13ClN6. The minimum absolute atomic E-state index is 0.162. The average Bonchev–Trinajstić information content (AvgIpc) is 2.87. The highest BCUT2D eigenvalue weighted by Gasteiger charge is 2.11. The van der Waals surface area contributed by atoms with Gasteiger partial charge in [0.15, 0.2) is 11.5 Å². The number of nitrogens with zero attached hydrogens (tertiary/aromatic N) is 4. The molecule has 0 unspecified atom stereocenters. The van der Waals surface area contributed by atoms with Gasteiger partial charge in [-0.3, -0.25) is 0 Å². The monoisotopic (exact) mass is 288 g/mol. The molecule has 0 aliphatic carbocycles. The average molecular weight is 289 g/mol. The van der Waals surface area contributed by atoms with E-state index in [0.29, 0.717) is 11.5 Å². The Kier molecular flexibility index (Phi) is 3.15. The molecule has 20 heavy (non-hydrogen) atoms. The first-order valence-corrected chi connectivity index (χ1v) is 6.43. The molecule has 102 valence electrons. The van der Waals surface area contributed by atoms with E-state index in [1.807, 2.05) is 43.3 Å². The van der Waals surface area contributed by atoms with Crippen molar-refractivity contribution in [3.63, 3.8) is 0 Å². The van der Waals surface area contributed by atoms with E-state index >= 15 is 0 Å². The van der Waals surface area contributed by atoms with Gasteiger partial charge in [0.05, 0.1) is 17.7 Å². The van der Waals surface area contributed by atoms with Crippen molar-refractivity contribution in [3.05, 3.63) is 35.9 Å². The van der Waals surface area contributed by atoms with Gasteiger partial charge in [-0.25, -0.2) is 4.98 Å². The molecule has 0 saturated carbocycles. The summed E-state index contributed by atoms with van der Waals surface area (Å²) < 4.78 is 0. The van der Waals surface area contributed by atoms with Crippen LogP contribution >= 0.6 is 11.6 Å². The molecule has 0 aliphatic rings. The molecule has 0 radical (unpaired) electrons. The normalized spacial score (nSPS) is 10.8. The fraction of sp³-hybridized carbons (Fsp3) is 0.154. The Morgan fingerprint density at radius 3 is 2.80 bits per heavy atom. The number of H-pyrrole nitrogens is 1. The van der Waals surface area contributed by atoms with Gasteiger partial charge in [0.1, 0.15) is 5.52 Å². The first kappa shape index (κ1) is 12.7. The zero-order valence-corrected chi connectivity index (χ0v) is 11.8. The summed E-state index contributed by atoms with van der Waals surface area (Å²) in [5.74, 6) is 0.604. The summed E-state index contributed by atoms with van der Waals surface area (Å²) in [5.41, 5.74) is 3.25. The summed E-state index contributed by atoms with van der Waals surface area (Å²) in [6.45, 7) is 0. The maximum atomic E-state index is 5.92. The van der Waals surface area contributed by atoms with Gasteiger partial charge in [-0.15, -0.1) is 0 Å². The van der Waals surface area contributed by atoms with Gasteiger partial charge in [-0.1, -0.05) is 12.1 Å². The molecule has 0 spiro atoms. The SMILES string of the molecule is CN(C)c1ccccc1Nc1nc(Cl)nc2nc[nH]c12. The van der Waals surface area contributed by atoms with Crippen LogP contribution in [-0.4, -0.2) is 34.0 Å². The van der Waals surface area contributed by atoms with Crippen LogP contribution < -0.4 is 10.2 Å². The van der Waals surface area contributed by atoms with E-state index < -0.39 is 0 Å². The number of aromatic amines is 1. The molecule has 0 fully saturated rings. The summed E-state index contributed by atoms with van der Waals surface area (Å²) in [5, 5.41) is 3.44. The lowest BCUT2D eigenvalue weighted by Gasteiger charge is -2.18. The molecule has 7 heteroatoms. The molecule has 2 aromatic heterocycles. The number of halogens is 1. The van der Waals surface area contributed by atoms with Crippen LogP contribution in [0.2, 0.25) is 5.28 Å². The van der Waals surface area contributed by atoms with Crippen molar-refractivity contribution < 1.29 is 0 Å². The minimum Gasteiger partial charge on any atom is -0.376 e. The van der Waals surface area contributed by atoms with Crippen molar-refractivity contribution in [3.8, 4) is 0 Å². The molecule has 3 rings (SSSR count). The second kappa shape index (κ2) is 4.97. The van der Waals surface area contributed by atoms with E-state index in [-0.39, 0.29) is 5.28 Å². The van der Waals surface area contributed by atoms with Gasteiger partial charge in [-0.2, -0.15) is 9.97 Å². The molecule has 0 aliphatic heterocycles. The van der Waals surface area contributed by atoms with E-state index in [1.165, 1.54) is 0 Å². The van der Waals surface area contributed by atoms with Gasteiger partial charge in [0.2, 0.25) is 5.28 Å². The van der Waals surface area contributed by atoms with Gasteiger partial charge in [-0.05, 0) is 23.7 Å². The second-order valence-corrected chi connectivity index (χ2v) is 4.82. The largest absolute Gasteiger partial charge is 0.376 e. The number of benzene rings is 1. The third-order valence-electron chi connectivity index (χ3n) is 2.90. The summed E-state index contributed by atoms with van der Waals surface area (Å²) in [6, 6.07) is 7.95. The van der Waals surface area contributed by atoms with E-state index in [4.69, 9.17) is 11.6 Å². The van der Waals surface area contributed by atoms with Crippen molar-refractivity contribution in [2.45, 2.75) is 0 Å². The number of nitrogens with one attached hydrogen (secondary N) is 2. The maximum absolute atomic E-state index is 5.92. The Labute approximate surface area is 120 Å². The molecule has 3 aromatic rings. The summed E-state index contributed by atoms with van der Waals surface area (Å²) in [6.07, 6.45) is 1.57. The van der Waals surface area contributed by atoms with Crippen LogP contribution in [0.25, 0.3) is 11.2 Å². The van der Waals surface area contributed by atoms with E-state index in [2.05, 4.69) is 25.3 Å². The maximum Gasteiger partial charge on any atom is 0.226 e. The zero-order valence-electron chi connectivity index (χ0n) is 11.1.